The molecule has 1 unspecified atom stereocenters. The van der Waals surface area contributed by atoms with Crippen molar-refractivity contribution in [1.82, 2.24) is 15.5 Å². The van der Waals surface area contributed by atoms with E-state index in [1.807, 2.05) is 6.07 Å². The van der Waals surface area contributed by atoms with Crippen LogP contribution in [0.5, 0.6) is 0 Å². The molecule has 1 atom stereocenters. The Hall–Kier alpha value is -1.03. The summed E-state index contributed by atoms with van der Waals surface area (Å²) in [6.45, 7) is 5.01. The quantitative estimate of drug-likeness (QED) is 0.255. The Morgan fingerprint density at radius 2 is 1.96 bits per heavy atom. The minimum atomic E-state index is -4.15. The number of nitrogens with one attached hydrogen (secondary N) is 2. The molecule has 1 aromatic rings. The molecule has 0 aromatic heterocycles. The summed E-state index contributed by atoms with van der Waals surface area (Å²) >= 11 is 0. The van der Waals surface area contributed by atoms with Gasteiger partial charge in [0.05, 0.1) is 6.54 Å². The zero-order valence-corrected chi connectivity index (χ0v) is 18.2. The predicted molar refractivity (Wildman–Crippen MR) is 113 cm³/mol. The van der Waals surface area contributed by atoms with Crippen LogP contribution in [0.4, 0.5) is 13.2 Å². The number of nitrogens with zero attached hydrogens (tertiary/aromatic N) is 2. The predicted octanol–water partition coefficient (Wildman–Crippen LogP) is 3.77. The Balaban J connectivity index is 0.00000625. The van der Waals surface area contributed by atoms with Crippen molar-refractivity contribution in [2.45, 2.75) is 32.4 Å². The van der Waals surface area contributed by atoms with Crippen LogP contribution in [0.2, 0.25) is 0 Å². The van der Waals surface area contributed by atoms with E-state index in [0.717, 1.165) is 6.54 Å². The molecule has 8 heteroatoms. The van der Waals surface area contributed by atoms with Gasteiger partial charge in [0.2, 0.25) is 0 Å². The van der Waals surface area contributed by atoms with Gasteiger partial charge in [-0.1, -0.05) is 36.8 Å². The van der Waals surface area contributed by atoms with Crippen molar-refractivity contribution in [3.63, 3.8) is 0 Å². The molecule has 2 N–H and O–H groups in total. The first-order chi connectivity index (χ1) is 11.7. The topological polar surface area (TPSA) is 39.7 Å². The number of hydrogen-bond donors (Lipinski definition) is 2. The van der Waals surface area contributed by atoms with E-state index in [1.165, 1.54) is 23.1 Å². The molecule has 0 radical (unpaired) electrons. The van der Waals surface area contributed by atoms with Gasteiger partial charge in [0, 0.05) is 20.1 Å². The third kappa shape index (κ3) is 10.8. The molecule has 0 spiro atoms. The van der Waals surface area contributed by atoms with Gasteiger partial charge in [-0.15, -0.1) is 24.0 Å². The Kier molecular flexibility index (Phi) is 11.9. The van der Waals surface area contributed by atoms with Gasteiger partial charge < -0.3 is 10.6 Å². The molecule has 0 aliphatic heterocycles. The monoisotopic (exact) mass is 486 g/mol. The van der Waals surface area contributed by atoms with E-state index in [4.69, 9.17) is 0 Å². The minimum Gasteiger partial charge on any atom is -0.356 e. The van der Waals surface area contributed by atoms with Crippen LogP contribution in [-0.4, -0.2) is 57.3 Å². The van der Waals surface area contributed by atoms with Crippen molar-refractivity contribution in [3.8, 4) is 0 Å². The fourth-order valence-corrected chi connectivity index (χ4v) is 2.51. The van der Waals surface area contributed by atoms with E-state index < -0.39 is 12.7 Å². The third-order valence-corrected chi connectivity index (χ3v) is 3.87. The molecule has 0 aliphatic carbocycles. The molecule has 0 heterocycles. The number of guanidine groups is 1. The van der Waals surface area contributed by atoms with Gasteiger partial charge in [0.1, 0.15) is 0 Å². The van der Waals surface area contributed by atoms with E-state index in [1.54, 1.807) is 7.05 Å². The summed E-state index contributed by atoms with van der Waals surface area (Å²) in [6.07, 6.45) is -3.54. The summed E-state index contributed by atoms with van der Waals surface area (Å²) in [5.41, 5.74) is 2.49. The normalized spacial score (nSPS) is 13.3. The molecule has 0 fully saturated rings. The van der Waals surface area contributed by atoms with Crippen molar-refractivity contribution in [2.75, 3.05) is 40.3 Å². The third-order valence-electron chi connectivity index (χ3n) is 3.87. The molecule has 1 rings (SSSR count). The van der Waals surface area contributed by atoms with E-state index in [9.17, 15) is 13.2 Å². The van der Waals surface area contributed by atoms with E-state index in [0.29, 0.717) is 31.4 Å². The van der Waals surface area contributed by atoms with E-state index in [-0.39, 0.29) is 24.0 Å². The smallest absolute Gasteiger partial charge is 0.356 e. The second-order valence-electron chi connectivity index (χ2n) is 6.40. The first kappa shape index (κ1) is 25.0. The number of aliphatic imine (C=N–C) groups is 1. The van der Waals surface area contributed by atoms with Crippen LogP contribution in [0.3, 0.4) is 0 Å². The van der Waals surface area contributed by atoms with Crippen LogP contribution in [0.1, 0.15) is 30.4 Å². The van der Waals surface area contributed by atoms with Crippen molar-refractivity contribution in [3.05, 3.63) is 35.4 Å². The zero-order chi connectivity index (χ0) is 18.9. The minimum absolute atomic E-state index is 0. The summed E-state index contributed by atoms with van der Waals surface area (Å²) < 4.78 is 36.8. The fraction of sp³-hybridized carbons (Fsp3) is 0.611. The molecule has 0 saturated heterocycles. The second-order valence-corrected chi connectivity index (χ2v) is 6.40. The van der Waals surface area contributed by atoms with Gasteiger partial charge in [-0.25, -0.2) is 0 Å². The molecule has 4 nitrogen and oxygen atoms in total. The number of halogens is 4. The van der Waals surface area contributed by atoms with Crippen LogP contribution in [0.25, 0.3) is 0 Å². The SMILES string of the molecule is CN=C(NCCCN(C)CC(F)(F)F)NCC(C)c1cccc(C)c1.I. The summed E-state index contributed by atoms with van der Waals surface area (Å²) in [7, 11) is 3.16. The van der Waals surface area contributed by atoms with Gasteiger partial charge in [-0.05, 0) is 38.4 Å². The average Bonchev–Trinajstić information content (AvgIpc) is 2.52. The van der Waals surface area contributed by atoms with Gasteiger partial charge in [-0.2, -0.15) is 13.2 Å². The summed E-state index contributed by atoms with van der Waals surface area (Å²) in [5.74, 6) is 0.995. The average molecular weight is 486 g/mol. The lowest BCUT2D eigenvalue weighted by molar-refractivity contribution is -0.143. The molecule has 0 saturated carbocycles. The lowest BCUT2D eigenvalue weighted by Crippen LogP contribution is -2.40. The van der Waals surface area contributed by atoms with Crippen LogP contribution >= 0.6 is 24.0 Å². The maximum Gasteiger partial charge on any atom is 0.401 e. The van der Waals surface area contributed by atoms with Crippen molar-refractivity contribution in [1.29, 1.82) is 0 Å². The lowest BCUT2D eigenvalue weighted by atomic mass is 9.99. The Labute approximate surface area is 171 Å². The van der Waals surface area contributed by atoms with Gasteiger partial charge in [0.15, 0.2) is 5.96 Å². The van der Waals surface area contributed by atoms with Crippen LogP contribution < -0.4 is 10.6 Å². The maximum atomic E-state index is 12.3. The van der Waals surface area contributed by atoms with Crippen LogP contribution in [-0.2, 0) is 0 Å². The second kappa shape index (κ2) is 12.4. The van der Waals surface area contributed by atoms with E-state index in [2.05, 4.69) is 47.7 Å². The molecule has 150 valence electrons. The molecule has 0 bridgehead atoms. The van der Waals surface area contributed by atoms with E-state index >= 15 is 0 Å². The Bertz CT molecular complexity index is 549. The van der Waals surface area contributed by atoms with Crippen molar-refractivity contribution < 1.29 is 13.2 Å². The number of rotatable bonds is 8. The Morgan fingerprint density at radius 3 is 2.54 bits per heavy atom. The highest BCUT2D eigenvalue weighted by molar-refractivity contribution is 14.0. The van der Waals surface area contributed by atoms with Crippen molar-refractivity contribution >= 4 is 29.9 Å². The summed E-state index contributed by atoms with van der Waals surface area (Å²) in [6, 6.07) is 8.39. The standard InChI is InChI=1S/C18H29F3N4.HI/c1-14-7-5-8-16(11-14)15(2)12-24-17(22-3)23-9-6-10-25(4)13-18(19,20)21;/h5,7-8,11,15H,6,9-10,12-13H2,1-4H3,(H2,22,23,24);1H. The van der Waals surface area contributed by atoms with Crippen molar-refractivity contribution in [2.24, 2.45) is 4.99 Å². The molecule has 1 aromatic carbocycles. The van der Waals surface area contributed by atoms with Gasteiger partial charge in [0.25, 0.3) is 0 Å². The van der Waals surface area contributed by atoms with Crippen LogP contribution in [0, 0.1) is 6.92 Å². The van der Waals surface area contributed by atoms with Gasteiger partial charge >= 0.3 is 6.18 Å². The molecule has 0 amide bonds. The molecule has 26 heavy (non-hydrogen) atoms. The Morgan fingerprint density at radius 1 is 1.27 bits per heavy atom. The molecule has 0 aliphatic rings. The first-order valence-electron chi connectivity index (χ1n) is 8.47. The number of hydrogen-bond acceptors (Lipinski definition) is 2. The van der Waals surface area contributed by atoms with Crippen LogP contribution in [0.15, 0.2) is 29.3 Å². The highest BCUT2D eigenvalue weighted by atomic mass is 127. The highest BCUT2D eigenvalue weighted by Crippen LogP contribution is 2.16. The molecular weight excluding hydrogens is 456 g/mol. The maximum absolute atomic E-state index is 12.3. The number of alkyl halides is 3. The van der Waals surface area contributed by atoms with Gasteiger partial charge in [-0.3, -0.25) is 9.89 Å². The summed E-state index contributed by atoms with van der Waals surface area (Å²) in [5, 5.41) is 6.40. The highest BCUT2D eigenvalue weighted by Gasteiger charge is 2.28. The molecular formula is C18H30F3IN4. The largest absolute Gasteiger partial charge is 0.401 e. The fourth-order valence-electron chi connectivity index (χ4n) is 2.51. The summed E-state index contributed by atoms with van der Waals surface area (Å²) in [4.78, 5) is 5.42. The first-order valence-corrected chi connectivity index (χ1v) is 8.47. The number of aryl methyl sites for hydroxylation is 1. The zero-order valence-electron chi connectivity index (χ0n) is 15.9. The number of benzene rings is 1. The lowest BCUT2D eigenvalue weighted by Gasteiger charge is -2.19.